The summed E-state index contributed by atoms with van der Waals surface area (Å²) in [5.41, 5.74) is -4.74. The number of halogens is 6. The summed E-state index contributed by atoms with van der Waals surface area (Å²) in [6, 6.07) is 0. The Balaban J connectivity index is 2.93. The van der Waals surface area contributed by atoms with Gasteiger partial charge in [-0.3, -0.25) is 0 Å². The van der Waals surface area contributed by atoms with Gasteiger partial charge in [0.2, 0.25) is 0 Å². The van der Waals surface area contributed by atoms with Gasteiger partial charge in [0.1, 0.15) is 0 Å². The molecule has 2 N–H and O–H groups in total. The van der Waals surface area contributed by atoms with E-state index in [0.717, 1.165) is 0 Å². The van der Waals surface area contributed by atoms with Crippen molar-refractivity contribution < 1.29 is 36.6 Å². The molecule has 1 aliphatic carbocycles. The Morgan fingerprint density at radius 1 is 0.941 bits per heavy atom. The van der Waals surface area contributed by atoms with Crippen molar-refractivity contribution in [2.75, 3.05) is 0 Å². The molecular weight excluding hydrogens is 254 g/mol. The van der Waals surface area contributed by atoms with Crippen LogP contribution < -0.4 is 0 Å². The Morgan fingerprint density at radius 3 is 1.71 bits per heavy atom. The highest BCUT2D eigenvalue weighted by Gasteiger charge is 2.70. The molecule has 0 aromatic heterocycles. The van der Waals surface area contributed by atoms with E-state index in [2.05, 4.69) is 0 Å². The average molecular weight is 266 g/mol. The van der Waals surface area contributed by atoms with Crippen LogP contribution in [0, 0.1) is 5.92 Å². The molecule has 0 heterocycles. The molecular formula is C9H12F6O2. The maximum absolute atomic E-state index is 12.3. The zero-order valence-corrected chi connectivity index (χ0v) is 8.65. The summed E-state index contributed by atoms with van der Waals surface area (Å²) in [6.45, 7) is 0. The van der Waals surface area contributed by atoms with Crippen molar-refractivity contribution in [1.29, 1.82) is 0 Å². The smallest absolute Gasteiger partial charge is 0.393 e. The van der Waals surface area contributed by atoms with Crippen molar-refractivity contribution in [3.63, 3.8) is 0 Å². The highest BCUT2D eigenvalue weighted by molar-refractivity contribution is 4.97. The second-order valence-electron chi connectivity index (χ2n) is 4.32. The van der Waals surface area contributed by atoms with Gasteiger partial charge in [0.05, 0.1) is 6.10 Å². The third-order valence-electron chi connectivity index (χ3n) is 3.11. The Labute approximate surface area is 93.2 Å². The summed E-state index contributed by atoms with van der Waals surface area (Å²) in [6.07, 6.45) is -13.8. The molecule has 1 aliphatic rings. The van der Waals surface area contributed by atoms with Crippen molar-refractivity contribution in [2.45, 2.75) is 49.7 Å². The number of hydrogen-bond acceptors (Lipinski definition) is 2. The SMILES string of the molecule is OC1CCCC1CC(O)(C(F)(F)F)C(F)(F)F. The topological polar surface area (TPSA) is 40.5 Å². The molecule has 1 saturated carbocycles. The van der Waals surface area contributed by atoms with Gasteiger partial charge >= 0.3 is 12.4 Å². The third kappa shape index (κ3) is 2.67. The zero-order valence-electron chi connectivity index (χ0n) is 8.65. The molecule has 1 rings (SSSR count). The van der Waals surface area contributed by atoms with Crippen LogP contribution in [0.25, 0.3) is 0 Å². The molecule has 2 unspecified atom stereocenters. The van der Waals surface area contributed by atoms with Crippen LogP contribution in [0.1, 0.15) is 25.7 Å². The lowest BCUT2D eigenvalue weighted by atomic mass is 9.87. The van der Waals surface area contributed by atoms with Crippen molar-refractivity contribution >= 4 is 0 Å². The maximum Gasteiger partial charge on any atom is 0.426 e. The zero-order chi connectivity index (χ0) is 13.5. The molecule has 0 radical (unpaired) electrons. The standard InChI is InChI=1S/C9H12F6O2/c10-8(11,12)7(17,9(13,14)15)4-5-2-1-3-6(5)16/h5-6,16-17H,1-4H2. The first-order chi connectivity index (χ1) is 7.49. The van der Waals surface area contributed by atoms with Crippen molar-refractivity contribution in [3.05, 3.63) is 0 Å². The fourth-order valence-electron chi connectivity index (χ4n) is 2.03. The first-order valence-electron chi connectivity index (χ1n) is 5.03. The number of hydrogen-bond donors (Lipinski definition) is 2. The molecule has 0 aromatic carbocycles. The minimum atomic E-state index is -5.80. The van der Waals surface area contributed by atoms with E-state index in [1.54, 1.807) is 0 Å². The van der Waals surface area contributed by atoms with Crippen LogP contribution >= 0.6 is 0 Å². The molecule has 17 heavy (non-hydrogen) atoms. The van der Waals surface area contributed by atoms with E-state index in [1.165, 1.54) is 0 Å². The van der Waals surface area contributed by atoms with E-state index in [1.807, 2.05) is 0 Å². The minimum Gasteiger partial charge on any atom is -0.393 e. The molecule has 0 amide bonds. The molecule has 0 aliphatic heterocycles. The van der Waals surface area contributed by atoms with Crippen LogP contribution in [0.15, 0.2) is 0 Å². The van der Waals surface area contributed by atoms with Crippen LogP contribution in [0.3, 0.4) is 0 Å². The van der Waals surface area contributed by atoms with Gasteiger partial charge < -0.3 is 10.2 Å². The van der Waals surface area contributed by atoms with Crippen molar-refractivity contribution in [1.82, 2.24) is 0 Å². The summed E-state index contributed by atoms with van der Waals surface area (Å²) < 4.78 is 74.0. The predicted octanol–water partition coefficient (Wildman–Crippen LogP) is 2.39. The van der Waals surface area contributed by atoms with E-state index in [9.17, 15) is 31.4 Å². The molecule has 2 atom stereocenters. The summed E-state index contributed by atoms with van der Waals surface area (Å²) >= 11 is 0. The van der Waals surface area contributed by atoms with Gasteiger partial charge in [0, 0.05) is 0 Å². The summed E-state index contributed by atoms with van der Waals surface area (Å²) in [7, 11) is 0. The van der Waals surface area contributed by atoms with E-state index < -0.39 is 36.4 Å². The number of aliphatic hydroxyl groups excluding tert-OH is 1. The monoisotopic (exact) mass is 266 g/mol. The Bertz CT molecular complexity index is 258. The molecule has 0 saturated heterocycles. The predicted molar refractivity (Wildman–Crippen MR) is 45.0 cm³/mol. The molecule has 0 spiro atoms. The van der Waals surface area contributed by atoms with E-state index in [-0.39, 0.29) is 12.8 Å². The minimum absolute atomic E-state index is 0.0512. The lowest BCUT2D eigenvalue weighted by Gasteiger charge is -2.34. The molecule has 2 nitrogen and oxygen atoms in total. The maximum atomic E-state index is 12.3. The average Bonchev–Trinajstić information content (AvgIpc) is 2.47. The first kappa shape index (κ1) is 14.6. The van der Waals surface area contributed by atoms with Crippen LogP contribution in [0.2, 0.25) is 0 Å². The van der Waals surface area contributed by atoms with Crippen LogP contribution in [0.4, 0.5) is 26.3 Å². The fourth-order valence-corrected chi connectivity index (χ4v) is 2.03. The lowest BCUT2D eigenvalue weighted by molar-refractivity contribution is -0.373. The van der Waals surface area contributed by atoms with E-state index in [4.69, 9.17) is 5.11 Å². The van der Waals surface area contributed by atoms with E-state index >= 15 is 0 Å². The molecule has 1 fully saturated rings. The lowest BCUT2D eigenvalue weighted by Crippen LogP contribution is -2.58. The van der Waals surface area contributed by atoms with Crippen LogP contribution in [-0.4, -0.2) is 34.3 Å². The Morgan fingerprint density at radius 2 is 1.41 bits per heavy atom. The third-order valence-corrected chi connectivity index (χ3v) is 3.11. The molecule has 8 heteroatoms. The van der Waals surface area contributed by atoms with Gasteiger partial charge in [-0.15, -0.1) is 0 Å². The van der Waals surface area contributed by atoms with Crippen molar-refractivity contribution in [2.24, 2.45) is 5.92 Å². The van der Waals surface area contributed by atoms with Gasteiger partial charge in [-0.2, -0.15) is 26.3 Å². The van der Waals surface area contributed by atoms with Crippen LogP contribution in [-0.2, 0) is 0 Å². The first-order valence-corrected chi connectivity index (χ1v) is 5.03. The van der Waals surface area contributed by atoms with Gasteiger partial charge in [-0.1, -0.05) is 6.42 Å². The second kappa shape index (κ2) is 4.31. The quantitative estimate of drug-likeness (QED) is 0.753. The Kier molecular flexibility index (Phi) is 3.69. The van der Waals surface area contributed by atoms with Gasteiger partial charge in [0.25, 0.3) is 5.60 Å². The fraction of sp³-hybridized carbons (Fsp3) is 1.00. The summed E-state index contributed by atoms with van der Waals surface area (Å²) in [5.74, 6) is -1.18. The highest BCUT2D eigenvalue weighted by atomic mass is 19.4. The van der Waals surface area contributed by atoms with Gasteiger partial charge in [0.15, 0.2) is 0 Å². The van der Waals surface area contributed by atoms with Crippen molar-refractivity contribution in [3.8, 4) is 0 Å². The van der Waals surface area contributed by atoms with E-state index in [0.29, 0.717) is 6.42 Å². The molecule has 102 valence electrons. The van der Waals surface area contributed by atoms with Gasteiger partial charge in [-0.25, -0.2) is 0 Å². The largest absolute Gasteiger partial charge is 0.426 e. The molecule has 0 bridgehead atoms. The summed E-state index contributed by atoms with van der Waals surface area (Å²) in [5, 5.41) is 18.1. The second-order valence-corrected chi connectivity index (χ2v) is 4.32. The van der Waals surface area contributed by atoms with Crippen LogP contribution in [0.5, 0.6) is 0 Å². The highest BCUT2D eigenvalue weighted by Crippen LogP contribution is 2.48. The normalized spacial score (nSPS) is 27.5. The number of alkyl halides is 6. The molecule has 0 aromatic rings. The number of aliphatic hydroxyl groups is 2. The Hall–Kier alpha value is -0.500. The summed E-state index contributed by atoms with van der Waals surface area (Å²) in [4.78, 5) is 0. The van der Waals surface area contributed by atoms with Gasteiger partial charge in [-0.05, 0) is 25.2 Å². The number of rotatable bonds is 2.